The van der Waals surface area contributed by atoms with Crippen molar-refractivity contribution in [3.63, 3.8) is 0 Å². The SMILES string of the molecule is CCCCOC(=O)CN1C(=O)SC(=Cc2ccc(SCCO)c([N+](=O)[O-])c2)C1=O. The zero-order valence-electron chi connectivity index (χ0n) is 15.7. The van der Waals surface area contributed by atoms with E-state index in [1.54, 1.807) is 6.07 Å². The number of benzene rings is 1. The Morgan fingerprint density at radius 1 is 1.41 bits per heavy atom. The molecule has 0 aliphatic carbocycles. The van der Waals surface area contributed by atoms with Gasteiger partial charge in [0.1, 0.15) is 6.54 Å². The first-order chi connectivity index (χ1) is 13.9. The number of hydrogen-bond donors (Lipinski definition) is 1. The predicted octanol–water partition coefficient (Wildman–Crippen LogP) is 3.06. The minimum absolute atomic E-state index is 0.0708. The van der Waals surface area contributed by atoms with Gasteiger partial charge in [-0.1, -0.05) is 19.4 Å². The number of esters is 1. The summed E-state index contributed by atoms with van der Waals surface area (Å²) in [6.45, 7) is 1.59. The average molecular weight is 440 g/mol. The smallest absolute Gasteiger partial charge is 0.326 e. The molecule has 0 spiro atoms. The van der Waals surface area contributed by atoms with E-state index >= 15 is 0 Å². The third kappa shape index (κ3) is 6.31. The molecule has 1 aromatic carbocycles. The number of nitrogens with zero attached hydrogens (tertiary/aromatic N) is 2. The molecule has 2 amide bonds. The zero-order valence-corrected chi connectivity index (χ0v) is 17.3. The van der Waals surface area contributed by atoms with Crippen LogP contribution in [0.3, 0.4) is 0 Å². The highest BCUT2D eigenvalue weighted by atomic mass is 32.2. The van der Waals surface area contributed by atoms with Crippen molar-refractivity contribution in [3.05, 3.63) is 38.8 Å². The molecule has 29 heavy (non-hydrogen) atoms. The van der Waals surface area contributed by atoms with E-state index in [1.165, 1.54) is 18.2 Å². The molecular weight excluding hydrogens is 420 g/mol. The highest BCUT2D eigenvalue weighted by molar-refractivity contribution is 8.18. The molecule has 1 aromatic rings. The summed E-state index contributed by atoms with van der Waals surface area (Å²) in [5.41, 5.74) is 0.219. The molecule has 1 aliphatic rings. The Kier molecular flexibility index (Phi) is 8.68. The lowest BCUT2D eigenvalue weighted by atomic mass is 10.2. The monoisotopic (exact) mass is 440 g/mol. The lowest BCUT2D eigenvalue weighted by molar-refractivity contribution is -0.387. The third-order valence-corrected chi connectivity index (χ3v) is 5.70. The lowest BCUT2D eigenvalue weighted by Crippen LogP contribution is -2.34. The number of unbranched alkanes of at least 4 members (excludes halogenated alkanes) is 1. The van der Waals surface area contributed by atoms with E-state index in [-0.39, 0.29) is 23.8 Å². The Bertz CT molecular complexity index is 841. The molecule has 0 bridgehead atoms. The molecule has 11 heteroatoms. The summed E-state index contributed by atoms with van der Waals surface area (Å²) in [5.74, 6) is -0.996. The minimum atomic E-state index is -0.664. The van der Waals surface area contributed by atoms with Crippen LogP contribution in [0.2, 0.25) is 0 Å². The molecule has 2 rings (SSSR count). The van der Waals surface area contributed by atoms with Crippen molar-refractivity contribution in [2.75, 3.05) is 25.5 Å². The Morgan fingerprint density at radius 2 is 2.17 bits per heavy atom. The van der Waals surface area contributed by atoms with Gasteiger partial charge in [0.2, 0.25) is 0 Å². The molecule has 156 valence electrons. The fourth-order valence-electron chi connectivity index (χ4n) is 2.34. The lowest BCUT2D eigenvalue weighted by Gasteiger charge is -2.11. The van der Waals surface area contributed by atoms with E-state index < -0.39 is 28.6 Å². The molecule has 1 heterocycles. The van der Waals surface area contributed by atoms with Crippen LogP contribution in [-0.2, 0) is 14.3 Å². The second-order valence-corrected chi connectivity index (χ2v) is 8.03. The van der Waals surface area contributed by atoms with E-state index in [0.29, 0.717) is 34.4 Å². The molecule has 1 fully saturated rings. The second kappa shape index (κ2) is 11.0. The standard InChI is InChI=1S/C18H20N2O7S2/c1-2-3-7-27-16(22)11-19-17(23)15(29-18(19)24)10-12-4-5-14(28-8-6-21)13(9-12)20(25)26/h4-5,9-10,21H,2-3,6-8,11H2,1H3. The molecule has 0 atom stereocenters. The van der Waals surface area contributed by atoms with Crippen molar-refractivity contribution < 1.29 is 29.2 Å². The van der Waals surface area contributed by atoms with E-state index in [0.717, 1.165) is 23.1 Å². The highest BCUT2D eigenvalue weighted by Crippen LogP contribution is 2.34. The number of carbonyl (C=O) groups excluding carboxylic acids is 3. The second-order valence-electron chi connectivity index (χ2n) is 5.90. The van der Waals surface area contributed by atoms with Gasteiger partial charge >= 0.3 is 5.97 Å². The van der Waals surface area contributed by atoms with Gasteiger partial charge in [0.25, 0.3) is 16.8 Å². The van der Waals surface area contributed by atoms with Crippen LogP contribution in [-0.4, -0.2) is 57.6 Å². The normalized spacial score (nSPS) is 15.2. The summed E-state index contributed by atoms with van der Waals surface area (Å²) in [5, 5.41) is 19.6. The van der Waals surface area contributed by atoms with Crippen LogP contribution < -0.4 is 0 Å². The van der Waals surface area contributed by atoms with Crippen molar-refractivity contribution in [2.24, 2.45) is 0 Å². The van der Waals surface area contributed by atoms with Crippen molar-refractivity contribution >= 4 is 52.4 Å². The first kappa shape index (κ1) is 22.9. The first-order valence-corrected chi connectivity index (χ1v) is 10.6. The Hall–Kier alpha value is -2.37. The van der Waals surface area contributed by atoms with Crippen LogP contribution >= 0.6 is 23.5 Å². The fraction of sp³-hybridized carbons (Fsp3) is 0.389. The number of rotatable bonds is 10. The van der Waals surface area contributed by atoms with Gasteiger partial charge in [0, 0.05) is 11.8 Å². The van der Waals surface area contributed by atoms with E-state index in [1.807, 2.05) is 6.92 Å². The Morgan fingerprint density at radius 3 is 2.83 bits per heavy atom. The summed E-state index contributed by atoms with van der Waals surface area (Å²) in [6, 6.07) is 4.41. The van der Waals surface area contributed by atoms with E-state index in [9.17, 15) is 24.5 Å². The maximum atomic E-state index is 12.5. The van der Waals surface area contributed by atoms with Crippen LogP contribution in [0.15, 0.2) is 28.0 Å². The van der Waals surface area contributed by atoms with Gasteiger partial charge < -0.3 is 9.84 Å². The van der Waals surface area contributed by atoms with Gasteiger partial charge in [-0.25, -0.2) is 0 Å². The quantitative estimate of drug-likeness (QED) is 0.146. The molecule has 1 saturated heterocycles. The maximum Gasteiger partial charge on any atom is 0.326 e. The maximum absolute atomic E-state index is 12.5. The predicted molar refractivity (Wildman–Crippen MR) is 109 cm³/mol. The molecule has 1 aliphatic heterocycles. The molecule has 0 unspecified atom stereocenters. The highest BCUT2D eigenvalue weighted by Gasteiger charge is 2.36. The summed E-state index contributed by atoms with van der Waals surface area (Å²) in [4.78, 5) is 48.3. The molecular formula is C18H20N2O7S2. The molecule has 1 N–H and O–H groups in total. The van der Waals surface area contributed by atoms with Crippen molar-refractivity contribution in [3.8, 4) is 0 Å². The van der Waals surface area contributed by atoms with Gasteiger partial charge in [-0.05, 0) is 35.9 Å². The summed E-state index contributed by atoms with van der Waals surface area (Å²) in [7, 11) is 0. The van der Waals surface area contributed by atoms with Crippen LogP contribution in [0.4, 0.5) is 10.5 Å². The summed E-state index contributed by atoms with van der Waals surface area (Å²) >= 11 is 1.81. The van der Waals surface area contributed by atoms with E-state index in [2.05, 4.69) is 0 Å². The number of thioether (sulfide) groups is 2. The summed E-state index contributed by atoms with van der Waals surface area (Å²) in [6.07, 6.45) is 2.92. The molecule has 9 nitrogen and oxygen atoms in total. The largest absolute Gasteiger partial charge is 0.464 e. The molecule has 0 saturated carbocycles. The van der Waals surface area contributed by atoms with Gasteiger partial charge in [0.15, 0.2) is 0 Å². The number of imide groups is 1. The number of amides is 2. The number of aliphatic hydroxyl groups is 1. The van der Waals surface area contributed by atoms with Crippen LogP contribution in [0.1, 0.15) is 25.3 Å². The van der Waals surface area contributed by atoms with Gasteiger partial charge in [-0.15, -0.1) is 11.8 Å². The van der Waals surface area contributed by atoms with Crippen molar-refractivity contribution in [1.82, 2.24) is 4.90 Å². The van der Waals surface area contributed by atoms with Crippen LogP contribution in [0, 0.1) is 10.1 Å². The zero-order chi connectivity index (χ0) is 21.4. The number of nitro benzene ring substituents is 1. The first-order valence-electron chi connectivity index (χ1n) is 8.80. The van der Waals surface area contributed by atoms with E-state index in [4.69, 9.17) is 9.84 Å². The number of ether oxygens (including phenoxy) is 1. The number of carbonyl (C=O) groups is 3. The number of aliphatic hydroxyl groups excluding tert-OH is 1. The van der Waals surface area contributed by atoms with Crippen molar-refractivity contribution in [2.45, 2.75) is 24.7 Å². The Labute approximate surface area is 175 Å². The van der Waals surface area contributed by atoms with Gasteiger partial charge in [-0.3, -0.25) is 29.4 Å². The van der Waals surface area contributed by atoms with Gasteiger partial charge in [-0.2, -0.15) is 0 Å². The topological polar surface area (TPSA) is 127 Å². The van der Waals surface area contributed by atoms with Gasteiger partial charge in [0.05, 0.1) is 27.9 Å². The van der Waals surface area contributed by atoms with Crippen molar-refractivity contribution in [1.29, 1.82) is 0 Å². The summed E-state index contributed by atoms with van der Waals surface area (Å²) < 4.78 is 4.97. The Balaban J connectivity index is 2.15. The molecule has 0 aromatic heterocycles. The van der Waals surface area contributed by atoms with Crippen LogP contribution in [0.5, 0.6) is 0 Å². The van der Waals surface area contributed by atoms with Crippen LogP contribution in [0.25, 0.3) is 6.08 Å². The number of nitro groups is 1. The average Bonchev–Trinajstić information content (AvgIpc) is 2.94. The number of hydrogen-bond acceptors (Lipinski definition) is 9. The minimum Gasteiger partial charge on any atom is -0.464 e. The third-order valence-electron chi connectivity index (χ3n) is 3.75. The fourth-order valence-corrected chi connectivity index (χ4v) is 3.93. The molecule has 0 radical (unpaired) electrons.